The molecule has 0 aliphatic heterocycles. The van der Waals surface area contributed by atoms with E-state index in [1.807, 2.05) is 19.1 Å². The summed E-state index contributed by atoms with van der Waals surface area (Å²) >= 11 is 0. The lowest BCUT2D eigenvalue weighted by molar-refractivity contribution is -0.142. The van der Waals surface area contributed by atoms with Crippen molar-refractivity contribution in [2.75, 3.05) is 7.11 Å². The molecule has 0 fully saturated rings. The summed E-state index contributed by atoms with van der Waals surface area (Å²) in [5, 5.41) is 11.5. The summed E-state index contributed by atoms with van der Waals surface area (Å²) in [6.07, 6.45) is 0.614. The molecule has 0 saturated carbocycles. The Morgan fingerprint density at radius 3 is 2.50 bits per heavy atom. The Balaban J connectivity index is 2.60. The summed E-state index contributed by atoms with van der Waals surface area (Å²) in [5.74, 6) is -0.128. The van der Waals surface area contributed by atoms with Crippen LogP contribution in [0.25, 0.3) is 0 Å². The number of benzene rings is 1. The molecule has 0 heterocycles. The number of nitrogens with zero attached hydrogens (tertiary/aromatic N) is 1. The van der Waals surface area contributed by atoms with E-state index in [0.29, 0.717) is 18.5 Å². The first kappa shape index (κ1) is 14.2. The lowest BCUT2D eigenvalue weighted by Crippen LogP contribution is -2.45. The molecule has 1 N–H and O–H groups in total. The summed E-state index contributed by atoms with van der Waals surface area (Å²) in [4.78, 5) is 11.9. The largest absolute Gasteiger partial charge is 0.369 e. The van der Waals surface area contributed by atoms with Gasteiger partial charge in [-0.15, -0.1) is 0 Å². The van der Waals surface area contributed by atoms with Crippen molar-refractivity contribution in [2.45, 2.75) is 32.4 Å². The van der Waals surface area contributed by atoms with Gasteiger partial charge >= 0.3 is 0 Å². The summed E-state index contributed by atoms with van der Waals surface area (Å²) in [7, 11) is 1.53. The number of hydrogen-bond acceptors (Lipinski definition) is 3. The Bertz CT molecular complexity index is 442. The second-order valence-corrected chi connectivity index (χ2v) is 4.28. The molecule has 0 bridgehead atoms. The molecule has 0 aliphatic carbocycles. The first-order valence-electron chi connectivity index (χ1n) is 5.88. The van der Waals surface area contributed by atoms with Gasteiger partial charge in [0.1, 0.15) is 5.60 Å². The maximum atomic E-state index is 11.9. The fourth-order valence-electron chi connectivity index (χ4n) is 1.46. The lowest BCUT2D eigenvalue weighted by Gasteiger charge is -2.25. The van der Waals surface area contributed by atoms with Gasteiger partial charge in [-0.3, -0.25) is 4.79 Å². The van der Waals surface area contributed by atoms with Crippen LogP contribution in [-0.4, -0.2) is 18.6 Å². The Morgan fingerprint density at radius 2 is 2.06 bits per heavy atom. The maximum Gasteiger partial charge on any atom is 0.252 e. The Kier molecular flexibility index (Phi) is 4.87. The van der Waals surface area contributed by atoms with Crippen molar-refractivity contribution in [3.63, 3.8) is 0 Å². The average molecular weight is 246 g/mol. The zero-order valence-electron chi connectivity index (χ0n) is 11.0. The van der Waals surface area contributed by atoms with Gasteiger partial charge in [0.2, 0.25) is 0 Å². The number of methoxy groups -OCH3 is 1. The third-order valence-corrected chi connectivity index (χ3v) is 3.14. The Morgan fingerprint density at radius 1 is 1.44 bits per heavy atom. The minimum Gasteiger partial charge on any atom is -0.369 e. The predicted molar refractivity (Wildman–Crippen MR) is 68.7 cm³/mol. The first-order chi connectivity index (χ1) is 8.55. The van der Waals surface area contributed by atoms with Crippen LogP contribution in [0, 0.1) is 11.3 Å². The highest BCUT2D eigenvalue weighted by atomic mass is 16.5. The Labute approximate surface area is 108 Å². The third-order valence-electron chi connectivity index (χ3n) is 3.14. The Hall–Kier alpha value is -1.86. The number of carbonyl (C=O) groups is 1. The van der Waals surface area contributed by atoms with Crippen LogP contribution >= 0.6 is 0 Å². The van der Waals surface area contributed by atoms with E-state index in [2.05, 4.69) is 11.4 Å². The monoisotopic (exact) mass is 246 g/mol. The molecular weight excluding hydrogens is 228 g/mol. The van der Waals surface area contributed by atoms with Crippen LogP contribution in [-0.2, 0) is 16.1 Å². The van der Waals surface area contributed by atoms with Crippen LogP contribution in [0.2, 0.25) is 0 Å². The first-order valence-corrected chi connectivity index (χ1v) is 5.88. The van der Waals surface area contributed by atoms with Crippen molar-refractivity contribution in [3.8, 4) is 6.07 Å². The van der Waals surface area contributed by atoms with E-state index in [1.54, 1.807) is 19.1 Å². The van der Waals surface area contributed by atoms with Gasteiger partial charge in [-0.05, 0) is 31.0 Å². The van der Waals surface area contributed by atoms with Crippen molar-refractivity contribution in [2.24, 2.45) is 0 Å². The normalized spacial score (nSPS) is 13.4. The van der Waals surface area contributed by atoms with Gasteiger partial charge in [0.15, 0.2) is 0 Å². The summed E-state index contributed by atoms with van der Waals surface area (Å²) in [6, 6.07) is 9.18. The lowest BCUT2D eigenvalue weighted by atomic mass is 10.0. The quantitative estimate of drug-likeness (QED) is 0.864. The number of hydrogen-bond donors (Lipinski definition) is 1. The van der Waals surface area contributed by atoms with E-state index in [9.17, 15) is 4.79 Å². The molecule has 96 valence electrons. The number of rotatable bonds is 5. The van der Waals surface area contributed by atoms with Crippen LogP contribution in [0.3, 0.4) is 0 Å². The van der Waals surface area contributed by atoms with Crippen molar-refractivity contribution < 1.29 is 9.53 Å². The molecule has 1 aromatic carbocycles. The van der Waals surface area contributed by atoms with Gasteiger partial charge in [0.05, 0.1) is 11.6 Å². The number of nitrogens with one attached hydrogen (secondary N) is 1. The van der Waals surface area contributed by atoms with Crippen molar-refractivity contribution in [1.29, 1.82) is 5.26 Å². The molecular formula is C14H18N2O2. The second-order valence-electron chi connectivity index (χ2n) is 4.28. The van der Waals surface area contributed by atoms with Crippen LogP contribution in [0.4, 0.5) is 0 Å². The summed E-state index contributed by atoms with van der Waals surface area (Å²) in [6.45, 7) is 4.11. The highest BCUT2D eigenvalue weighted by Gasteiger charge is 2.30. The summed E-state index contributed by atoms with van der Waals surface area (Å²) in [5.41, 5.74) is 0.782. The fourth-order valence-corrected chi connectivity index (χ4v) is 1.46. The molecule has 0 aromatic heterocycles. The van der Waals surface area contributed by atoms with Crippen molar-refractivity contribution in [3.05, 3.63) is 35.4 Å². The molecule has 18 heavy (non-hydrogen) atoms. The highest BCUT2D eigenvalue weighted by molar-refractivity contribution is 5.84. The topological polar surface area (TPSA) is 62.1 Å². The molecule has 1 aromatic rings. The van der Waals surface area contributed by atoms with E-state index in [-0.39, 0.29) is 5.91 Å². The van der Waals surface area contributed by atoms with Gasteiger partial charge in [-0.25, -0.2) is 0 Å². The highest BCUT2D eigenvalue weighted by Crippen LogP contribution is 2.14. The minimum atomic E-state index is -0.785. The van der Waals surface area contributed by atoms with Crippen LogP contribution < -0.4 is 5.32 Å². The SMILES string of the molecule is CCC(C)(OC)C(=O)NCc1ccc(C#N)cc1. The zero-order chi connectivity index (χ0) is 13.6. The second kappa shape index (κ2) is 6.18. The van der Waals surface area contributed by atoms with E-state index in [0.717, 1.165) is 5.56 Å². The molecule has 1 amide bonds. The molecule has 4 heteroatoms. The maximum absolute atomic E-state index is 11.9. The number of amides is 1. The number of carbonyl (C=O) groups excluding carboxylic acids is 1. The molecule has 1 atom stereocenters. The minimum absolute atomic E-state index is 0.128. The molecule has 0 aliphatic rings. The van der Waals surface area contributed by atoms with Crippen molar-refractivity contribution >= 4 is 5.91 Å². The number of nitriles is 1. The average Bonchev–Trinajstić information content (AvgIpc) is 2.44. The fraction of sp³-hybridized carbons (Fsp3) is 0.429. The zero-order valence-corrected chi connectivity index (χ0v) is 11.0. The van der Waals surface area contributed by atoms with Gasteiger partial charge in [0.25, 0.3) is 5.91 Å². The van der Waals surface area contributed by atoms with Gasteiger partial charge in [-0.1, -0.05) is 19.1 Å². The molecule has 1 rings (SSSR count). The van der Waals surface area contributed by atoms with Gasteiger partial charge < -0.3 is 10.1 Å². The predicted octanol–water partition coefficient (Wildman–Crippen LogP) is 1.99. The standard InChI is InChI=1S/C14H18N2O2/c1-4-14(2,18-3)13(17)16-10-12-7-5-11(9-15)6-8-12/h5-8H,4,10H2,1-3H3,(H,16,17). The van der Waals surface area contributed by atoms with E-state index in [1.165, 1.54) is 7.11 Å². The molecule has 0 radical (unpaired) electrons. The van der Waals surface area contributed by atoms with E-state index in [4.69, 9.17) is 10.00 Å². The molecule has 0 spiro atoms. The van der Waals surface area contributed by atoms with Crippen molar-refractivity contribution in [1.82, 2.24) is 5.32 Å². The smallest absolute Gasteiger partial charge is 0.252 e. The van der Waals surface area contributed by atoms with E-state index < -0.39 is 5.60 Å². The molecule has 4 nitrogen and oxygen atoms in total. The van der Waals surface area contributed by atoms with Crippen LogP contribution in [0.15, 0.2) is 24.3 Å². The number of ether oxygens (including phenoxy) is 1. The van der Waals surface area contributed by atoms with Gasteiger partial charge in [0, 0.05) is 13.7 Å². The molecule has 1 unspecified atom stereocenters. The molecule has 0 saturated heterocycles. The van der Waals surface area contributed by atoms with Crippen LogP contribution in [0.1, 0.15) is 31.4 Å². The summed E-state index contributed by atoms with van der Waals surface area (Å²) < 4.78 is 5.22. The third kappa shape index (κ3) is 3.31. The van der Waals surface area contributed by atoms with E-state index >= 15 is 0 Å². The van der Waals surface area contributed by atoms with Crippen LogP contribution in [0.5, 0.6) is 0 Å². The van der Waals surface area contributed by atoms with Gasteiger partial charge in [-0.2, -0.15) is 5.26 Å².